The summed E-state index contributed by atoms with van der Waals surface area (Å²) in [5.74, 6) is 1.19. The summed E-state index contributed by atoms with van der Waals surface area (Å²) in [6.45, 7) is 2.43. The van der Waals surface area contributed by atoms with Gasteiger partial charge >= 0.3 is 0 Å². The lowest BCUT2D eigenvalue weighted by atomic mass is 10.00. The number of rotatable bonds is 8. The van der Waals surface area contributed by atoms with Crippen LogP contribution >= 0.6 is 23.2 Å². The van der Waals surface area contributed by atoms with E-state index in [1.807, 2.05) is 31.2 Å². The van der Waals surface area contributed by atoms with Crippen LogP contribution in [0.4, 0.5) is 0 Å². The zero-order valence-corrected chi connectivity index (χ0v) is 16.7. The predicted molar refractivity (Wildman–Crippen MR) is 106 cm³/mol. The first-order valence-electron chi connectivity index (χ1n) is 8.37. The summed E-state index contributed by atoms with van der Waals surface area (Å²) in [7, 11) is 3.21. The lowest BCUT2D eigenvalue weighted by Crippen LogP contribution is -2.31. The molecular weight excluding hydrogens is 373 g/mol. The highest BCUT2D eigenvalue weighted by molar-refractivity contribution is 6.35. The van der Waals surface area contributed by atoms with Gasteiger partial charge < -0.3 is 14.8 Å². The highest BCUT2D eigenvalue weighted by atomic mass is 35.5. The van der Waals surface area contributed by atoms with E-state index < -0.39 is 0 Å². The molecule has 0 saturated carbocycles. The van der Waals surface area contributed by atoms with Crippen LogP contribution in [0.1, 0.15) is 18.1 Å². The minimum atomic E-state index is -0.181. The molecule has 0 radical (unpaired) electrons. The molecule has 0 aliphatic heterocycles. The number of ether oxygens (including phenoxy) is 2. The van der Waals surface area contributed by atoms with E-state index in [9.17, 15) is 4.79 Å². The van der Waals surface area contributed by atoms with Crippen molar-refractivity contribution in [3.8, 4) is 11.5 Å². The molecule has 2 aromatic rings. The van der Waals surface area contributed by atoms with Gasteiger partial charge in [-0.3, -0.25) is 4.79 Å². The van der Waals surface area contributed by atoms with Gasteiger partial charge in [0, 0.05) is 22.5 Å². The molecule has 1 atom stereocenters. The summed E-state index contributed by atoms with van der Waals surface area (Å²) < 4.78 is 10.5. The minimum absolute atomic E-state index is 0.00325. The molecule has 1 N–H and O–H groups in total. The quantitative estimate of drug-likeness (QED) is 0.712. The van der Waals surface area contributed by atoms with Crippen molar-refractivity contribution < 1.29 is 14.3 Å². The van der Waals surface area contributed by atoms with Gasteiger partial charge in [-0.2, -0.15) is 0 Å². The Morgan fingerprint density at radius 1 is 1.08 bits per heavy atom. The van der Waals surface area contributed by atoms with Gasteiger partial charge in [0.15, 0.2) is 11.5 Å². The largest absolute Gasteiger partial charge is 0.493 e. The van der Waals surface area contributed by atoms with Crippen molar-refractivity contribution in [2.75, 3.05) is 20.8 Å². The average molecular weight is 396 g/mol. The molecule has 0 spiro atoms. The van der Waals surface area contributed by atoms with Crippen LogP contribution in [0.15, 0.2) is 36.4 Å². The van der Waals surface area contributed by atoms with Gasteiger partial charge in [0.05, 0.1) is 14.2 Å². The second-order valence-electron chi connectivity index (χ2n) is 6.07. The molecule has 0 fully saturated rings. The van der Waals surface area contributed by atoms with E-state index in [0.29, 0.717) is 40.9 Å². The second-order valence-corrected chi connectivity index (χ2v) is 6.91. The Kier molecular flexibility index (Phi) is 7.61. The third kappa shape index (κ3) is 5.55. The highest BCUT2D eigenvalue weighted by Crippen LogP contribution is 2.27. The number of benzene rings is 2. The first-order chi connectivity index (χ1) is 12.4. The first-order valence-corrected chi connectivity index (χ1v) is 9.12. The van der Waals surface area contributed by atoms with Crippen LogP contribution in [-0.2, 0) is 17.6 Å². The van der Waals surface area contributed by atoms with Crippen LogP contribution in [0.3, 0.4) is 0 Å². The van der Waals surface area contributed by atoms with Crippen LogP contribution in [0.2, 0.25) is 10.0 Å². The smallest absolute Gasteiger partial charge is 0.223 e. The maximum absolute atomic E-state index is 12.3. The van der Waals surface area contributed by atoms with Crippen LogP contribution in [-0.4, -0.2) is 26.7 Å². The maximum Gasteiger partial charge on any atom is 0.223 e. The number of carbonyl (C=O) groups is 1. The summed E-state index contributed by atoms with van der Waals surface area (Å²) in [5, 5.41) is 4.14. The molecule has 0 aliphatic rings. The number of carbonyl (C=O) groups excluding carboxylic acids is 1. The number of halogens is 2. The molecular formula is C20H23Cl2NO3. The molecule has 0 aliphatic carbocycles. The Morgan fingerprint density at radius 3 is 2.46 bits per heavy atom. The SMILES string of the molecule is COc1ccc(CCNC(=O)C(C)Cc2ccc(Cl)cc2Cl)cc1OC. The summed E-state index contributed by atoms with van der Waals surface area (Å²) >= 11 is 12.1. The lowest BCUT2D eigenvalue weighted by Gasteiger charge is -2.14. The highest BCUT2D eigenvalue weighted by Gasteiger charge is 2.15. The van der Waals surface area contributed by atoms with E-state index in [4.69, 9.17) is 32.7 Å². The zero-order chi connectivity index (χ0) is 19.1. The van der Waals surface area contributed by atoms with E-state index >= 15 is 0 Å². The van der Waals surface area contributed by atoms with Gasteiger partial charge in [-0.25, -0.2) is 0 Å². The van der Waals surface area contributed by atoms with Gasteiger partial charge in [0.2, 0.25) is 5.91 Å². The van der Waals surface area contributed by atoms with Crippen molar-refractivity contribution >= 4 is 29.1 Å². The predicted octanol–water partition coefficient (Wildman–Crippen LogP) is 4.55. The van der Waals surface area contributed by atoms with Crippen molar-refractivity contribution in [3.63, 3.8) is 0 Å². The molecule has 1 unspecified atom stereocenters. The Labute approximate surface area is 164 Å². The number of nitrogens with one attached hydrogen (secondary N) is 1. The van der Waals surface area contributed by atoms with E-state index in [1.165, 1.54) is 0 Å². The van der Waals surface area contributed by atoms with Crippen molar-refractivity contribution in [1.82, 2.24) is 5.32 Å². The van der Waals surface area contributed by atoms with Crippen LogP contribution in [0.25, 0.3) is 0 Å². The molecule has 26 heavy (non-hydrogen) atoms. The Morgan fingerprint density at radius 2 is 1.81 bits per heavy atom. The fraction of sp³-hybridized carbons (Fsp3) is 0.350. The van der Waals surface area contributed by atoms with Gasteiger partial charge in [-0.05, 0) is 48.2 Å². The third-order valence-electron chi connectivity index (χ3n) is 4.15. The van der Waals surface area contributed by atoms with Crippen LogP contribution < -0.4 is 14.8 Å². The van der Waals surface area contributed by atoms with E-state index in [1.54, 1.807) is 26.4 Å². The summed E-state index contributed by atoms with van der Waals surface area (Å²) in [5.41, 5.74) is 1.98. The molecule has 0 bridgehead atoms. The topological polar surface area (TPSA) is 47.6 Å². The second kappa shape index (κ2) is 9.70. The fourth-order valence-electron chi connectivity index (χ4n) is 2.65. The van der Waals surface area contributed by atoms with E-state index in [0.717, 1.165) is 11.1 Å². The molecule has 2 rings (SSSR count). The van der Waals surface area contributed by atoms with Gasteiger partial charge in [-0.15, -0.1) is 0 Å². The van der Waals surface area contributed by atoms with Crippen LogP contribution in [0, 0.1) is 5.92 Å². The molecule has 6 heteroatoms. The summed E-state index contributed by atoms with van der Waals surface area (Å²) in [4.78, 5) is 12.3. The molecule has 4 nitrogen and oxygen atoms in total. The Hall–Kier alpha value is -1.91. The number of amides is 1. The summed E-state index contributed by atoms with van der Waals surface area (Å²) in [6.07, 6.45) is 1.28. The van der Waals surface area contributed by atoms with Gasteiger partial charge in [-0.1, -0.05) is 42.3 Å². The number of hydrogen-bond acceptors (Lipinski definition) is 3. The summed E-state index contributed by atoms with van der Waals surface area (Å²) in [6, 6.07) is 11.1. The van der Waals surface area contributed by atoms with Crippen molar-refractivity contribution in [3.05, 3.63) is 57.6 Å². The normalized spacial score (nSPS) is 11.7. The zero-order valence-electron chi connectivity index (χ0n) is 15.1. The number of hydrogen-bond donors (Lipinski definition) is 1. The first kappa shape index (κ1) is 20.4. The van der Waals surface area contributed by atoms with E-state index in [-0.39, 0.29) is 11.8 Å². The third-order valence-corrected chi connectivity index (χ3v) is 4.74. The van der Waals surface area contributed by atoms with Crippen LogP contribution in [0.5, 0.6) is 11.5 Å². The lowest BCUT2D eigenvalue weighted by molar-refractivity contribution is -0.124. The Balaban J connectivity index is 1.86. The minimum Gasteiger partial charge on any atom is -0.493 e. The standard InChI is InChI=1S/C20H23Cl2NO3/c1-13(10-15-5-6-16(21)12-17(15)22)20(24)23-9-8-14-4-7-18(25-2)19(11-14)26-3/h4-7,11-13H,8-10H2,1-3H3,(H,23,24). The molecule has 140 valence electrons. The molecule has 2 aromatic carbocycles. The number of methoxy groups -OCH3 is 2. The maximum atomic E-state index is 12.3. The monoisotopic (exact) mass is 395 g/mol. The molecule has 0 saturated heterocycles. The van der Waals surface area contributed by atoms with E-state index in [2.05, 4.69) is 5.32 Å². The van der Waals surface area contributed by atoms with Crippen molar-refractivity contribution in [2.45, 2.75) is 19.8 Å². The van der Waals surface area contributed by atoms with Crippen molar-refractivity contribution in [2.24, 2.45) is 5.92 Å². The Bertz CT molecular complexity index is 765. The van der Waals surface area contributed by atoms with Gasteiger partial charge in [0.25, 0.3) is 0 Å². The molecule has 1 amide bonds. The average Bonchev–Trinajstić information content (AvgIpc) is 2.63. The van der Waals surface area contributed by atoms with Gasteiger partial charge in [0.1, 0.15) is 0 Å². The van der Waals surface area contributed by atoms with Crippen molar-refractivity contribution in [1.29, 1.82) is 0 Å². The molecule has 0 aromatic heterocycles. The molecule has 0 heterocycles. The fourth-order valence-corrected chi connectivity index (χ4v) is 3.14.